The summed E-state index contributed by atoms with van der Waals surface area (Å²) < 4.78 is 13.2. The van der Waals surface area contributed by atoms with Gasteiger partial charge in [-0.1, -0.05) is 19.8 Å². The quantitative estimate of drug-likeness (QED) is 0.681. The summed E-state index contributed by atoms with van der Waals surface area (Å²) in [5.74, 6) is 1.30. The van der Waals surface area contributed by atoms with Crippen LogP contribution in [-0.2, 0) is 12.8 Å². The van der Waals surface area contributed by atoms with Crippen molar-refractivity contribution in [2.45, 2.75) is 64.5 Å². The third-order valence-corrected chi connectivity index (χ3v) is 4.92. The first kappa shape index (κ1) is 18.0. The lowest BCUT2D eigenvalue weighted by molar-refractivity contribution is 0.283. The number of aromatic nitrogens is 4. The molecule has 0 aliphatic carbocycles. The van der Waals surface area contributed by atoms with Crippen molar-refractivity contribution < 1.29 is 4.39 Å². The normalized spacial score (nSPS) is 18.4. The molecule has 1 aliphatic rings. The second kappa shape index (κ2) is 8.56. The SMILES string of the molecule is CCCCc1nc(N)c2[nH]nc(CCCCCN3CCC(F)C3)c2n1. The van der Waals surface area contributed by atoms with Crippen molar-refractivity contribution in [3.05, 3.63) is 11.5 Å². The minimum atomic E-state index is -0.623. The predicted octanol–water partition coefficient (Wildman–Crippen LogP) is 3.03. The molecule has 2 aromatic heterocycles. The maximum absolute atomic E-state index is 13.2. The Morgan fingerprint density at radius 3 is 2.84 bits per heavy atom. The number of aromatic amines is 1. The Hall–Kier alpha value is -1.76. The number of hydrogen-bond acceptors (Lipinski definition) is 5. The van der Waals surface area contributed by atoms with Gasteiger partial charge in [-0.25, -0.2) is 14.4 Å². The Kier molecular flexibility index (Phi) is 6.18. The molecular formula is C18H29FN6. The van der Waals surface area contributed by atoms with Crippen LogP contribution in [-0.4, -0.2) is 50.9 Å². The van der Waals surface area contributed by atoms with Gasteiger partial charge in [0.25, 0.3) is 0 Å². The molecule has 1 unspecified atom stereocenters. The molecule has 0 saturated carbocycles. The summed E-state index contributed by atoms with van der Waals surface area (Å²) in [7, 11) is 0. The van der Waals surface area contributed by atoms with Crippen molar-refractivity contribution in [2.24, 2.45) is 0 Å². The number of nitrogens with two attached hydrogens (primary N) is 1. The molecule has 3 rings (SSSR count). The molecule has 0 radical (unpaired) electrons. The number of halogens is 1. The maximum Gasteiger partial charge on any atom is 0.153 e. The van der Waals surface area contributed by atoms with E-state index in [-0.39, 0.29) is 0 Å². The Balaban J connectivity index is 1.51. The highest BCUT2D eigenvalue weighted by molar-refractivity contribution is 5.85. The number of H-pyrrole nitrogens is 1. The molecule has 0 aromatic carbocycles. The van der Waals surface area contributed by atoms with Crippen molar-refractivity contribution in [1.29, 1.82) is 0 Å². The standard InChI is InChI=1S/C18H29FN6/c1-2-3-8-15-21-16-14(23-24-17(16)18(20)22-15)7-5-4-6-10-25-11-9-13(19)12-25/h13H,2-12H2,1H3,(H,23,24)(H2,20,21,22). The molecule has 3 N–H and O–H groups in total. The highest BCUT2D eigenvalue weighted by Gasteiger charge is 2.20. The molecule has 7 heteroatoms. The number of anilines is 1. The smallest absolute Gasteiger partial charge is 0.153 e. The van der Waals surface area contributed by atoms with Crippen molar-refractivity contribution >= 4 is 16.9 Å². The molecule has 0 amide bonds. The van der Waals surface area contributed by atoms with Crippen LogP contribution in [0.3, 0.4) is 0 Å². The molecule has 1 aliphatic heterocycles. The number of alkyl halides is 1. The number of likely N-dealkylation sites (tertiary alicyclic amines) is 1. The van der Waals surface area contributed by atoms with Crippen molar-refractivity contribution in [3.8, 4) is 0 Å². The number of hydrogen-bond donors (Lipinski definition) is 2. The van der Waals surface area contributed by atoms with Gasteiger partial charge in [-0.05, 0) is 38.6 Å². The number of aryl methyl sites for hydroxylation is 2. The molecule has 3 heterocycles. The van der Waals surface area contributed by atoms with E-state index in [1.807, 2.05) is 0 Å². The van der Waals surface area contributed by atoms with Gasteiger partial charge in [0.05, 0.1) is 5.69 Å². The predicted molar refractivity (Wildman–Crippen MR) is 98.2 cm³/mol. The second-order valence-corrected chi connectivity index (χ2v) is 7.02. The van der Waals surface area contributed by atoms with E-state index in [1.54, 1.807) is 0 Å². The van der Waals surface area contributed by atoms with Gasteiger partial charge in [0.2, 0.25) is 0 Å². The number of rotatable bonds is 9. The summed E-state index contributed by atoms with van der Waals surface area (Å²) in [6.07, 6.45) is 7.26. The Bertz CT molecular complexity index is 686. The van der Waals surface area contributed by atoms with Crippen LogP contribution in [0.1, 0.15) is 57.0 Å². The van der Waals surface area contributed by atoms with Gasteiger partial charge in [-0.15, -0.1) is 0 Å². The minimum absolute atomic E-state index is 0.490. The average Bonchev–Trinajstić information content (AvgIpc) is 3.19. The lowest BCUT2D eigenvalue weighted by atomic mass is 10.1. The fourth-order valence-electron chi connectivity index (χ4n) is 3.44. The molecule has 2 aromatic rings. The van der Waals surface area contributed by atoms with Crippen LogP contribution in [0.4, 0.5) is 10.2 Å². The molecule has 6 nitrogen and oxygen atoms in total. The van der Waals surface area contributed by atoms with Crippen LogP contribution >= 0.6 is 0 Å². The van der Waals surface area contributed by atoms with E-state index in [1.165, 1.54) is 0 Å². The van der Waals surface area contributed by atoms with Crippen LogP contribution in [0.2, 0.25) is 0 Å². The Labute approximate surface area is 148 Å². The van der Waals surface area contributed by atoms with Crippen LogP contribution in [0, 0.1) is 0 Å². The monoisotopic (exact) mass is 348 g/mol. The first-order valence-corrected chi connectivity index (χ1v) is 9.53. The lowest BCUT2D eigenvalue weighted by Crippen LogP contribution is -2.22. The summed E-state index contributed by atoms with van der Waals surface area (Å²) in [4.78, 5) is 11.3. The van der Waals surface area contributed by atoms with E-state index in [2.05, 4.69) is 32.0 Å². The molecule has 1 saturated heterocycles. The number of unbranched alkanes of at least 4 members (excludes halogenated alkanes) is 3. The molecule has 25 heavy (non-hydrogen) atoms. The lowest BCUT2D eigenvalue weighted by Gasteiger charge is -2.13. The van der Waals surface area contributed by atoms with Gasteiger partial charge in [-0.2, -0.15) is 5.10 Å². The largest absolute Gasteiger partial charge is 0.382 e. The van der Waals surface area contributed by atoms with Gasteiger partial charge < -0.3 is 10.6 Å². The van der Waals surface area contributed by atoms with E-state index in [4.69, 9.17) is 5.73 Å². The molecular weight excluding hydrogens is 319 g/mol. The van der Waals surface area contributed by atoms with Gasteiger partial charge in [0.15, 0.2) is 5.82 Å². The topological polar surface area (TPSA) is 83.7 Å². The van der Waals surface area contributed by atoms with Crippen molar-refractivity contribution in [1.82, 2.24) is 25.1 Å². The zero-order valence-corrected chi connectivity index (χ0v) is 15.1. The van der Waals surface area contributed by atoms with Gasteiger partial charge in [0.1, 0.15) is 23.0 Å². The summed E-state index contributed by atoms with van der Waals surface area (Å²) >= 11 is 0. The van der Waals surface area contributed by atoms with Gasteiger partial charge in [0, 0.05) is 19.5 Å². The molecule has 0 spiro atoms. The third kappa shape index (κ3) is 4.66. The zero-order chi connectivity index (χ0) is 17.6. The summed E-state index contributed by atoms with van der Waals surface area (Å²) in [5, 5.41) is 7.38. The van der Waals surface area contributed by atoms with E-state index in [0.29, 0.717) is 18.8 Å². The summed E-state index contributed by atoms with van der Waals surface area (Å²) in [6.45, 7) is 4.67. The fraction of sp³-hybridized carbons (Fsp3) is 0.722. The van der Waals surface area contributed by atoms with Crippen LogP contribution in [0.25, 0.3) is 11.0 Å². The average molecular weight is 348 g/mol. The fourth-order valence-corrected chi connectivity index (χ4v) is 3.44. The van der Waals surface area contributed by atoms with E-state index in [9.17, 15) is 4.39 Å². The number of nitrogens with zero attached hydrogens (tertiary/aromatic N) is 4. The number of fused-ring (bicyclic) bond motifs is 1. The highest BCUT2D eigenvalue weighted by Crippen LogP contribution is 2.21. The Morgan fingerprint density at radius 1 is 1.20 bits per heavy atom. The zero-order valence-electron chi connectivity index (χ0n) is 15.1. The number of nitrogen functional groups attached to an aromatic ring is 1. The second-order valence-electron chi connectivity index (χ2n) is 7.02. The van der Waals surface area contributed by atoms with E-state index < -0.39 is 6.17 Å². The van der Waals surface area contributed by atoms with Crippen LogP contribution < -0.4 is 5.73 Å². The van der Waals surface area contributed by atoms with E-state index >= 15 is 0 Å². The highest BCUT2D eigenvalue weighted by atomic mass is 19.1. The van der Waals surface area contributed by atoms with Crippen molar-refractivity contribution in [3.63, 3.8) is 0 Å². The first-order valence-electron chi connectivity index (χ1n) is 9.53. The summed E-state index contributed by atoms with van der Waals surface area (Å²) in [5.41, 5.74) is 8.64. The third-order valence-electron chi connectivity index (χ3n) is 4.92. The van der Waals surface area contributed by atoms with Crippen molar-refractivity contribution in [2.75, 3.05) is 25.4 Å². The minimum Gasteiger partial charge on any atom is -0.382 e. The molecule has 1 atom stereocenters. The first-order chi connectivity index (χ1) is 12.2. The molecule has 1 fully saturated rings. The van der Waals surface area contributed by atoms with Gasteiger partial charge >= 0.3 is 0 Å². The van der Waals surface area contributed by atoms with E-state index in [0.717, 1.165) is 80.6 Å². The maximum atomic E-state index is 13.2. The Morgan fingerprint density at radius 2 is 2.08 bits per heavy atom. The molecule has 0 bridgehead atoms. The van der Waals surface area contributed by atoms with Crippen LogP contribution in [0.15, 0.2) is 0 Å². The van der Waals surface area contributed by atoms with Crippen LogP contribution in [0.5, 0.6) is 0 Å². The molecule has 138 valence electrons. The summed E-state index contributed by atoms with van der Waals surface area (Å²) in [6, 6.07) is 0. The van der Waals surface area contributed by atoms with Gasteiger partial charge in [-0.3, -0.25) is 5.10 Å². The number of nitrogens with one attached hydrogen (secondary N) is 1.